The smallest absolute Gasteiger partial charge is 0.228 e. The third-order valence-corrected chi connectivity index (χ3v) is 8.07. The molecule has 2 aliphatic rings. The van der Waals surface area contributed by atoms with Gasteiger partial charge in [-0.25, -0.2) is 4.98 Å². The van der Waals surface area contributed by atoms with E-state index in [4.69, 9.17) is 14.5 Å². The lowest BCUT2D eigenvalue weighted by atomic mass is 10.00. The highest BCUT2D eigenvalue weighted by atomic mass is 32.2. The molecule has 1 saturated heterocycles. The first kappa shape index (κ1) is 21.6. The predicted octanol–water partition coefficient (Wildman–Crippen LogP) is 5.28. The molecule has 0 spiro atoms. The Morgan fingerprint density at radius 3 is 2.56 bits per heavy atom. The van der Waals surface area contributed by atoms with Crippen LogP contribution in [0, 0.1) is 5.92 Å². The van der Waals surface area contributed by atoms with Crippen LogP contribution in [0.2, 0.25) is 0 Å². The van der Waals surface area contributed by atoms with Crippen molar-refractivity contribution in [3.05, 3.63) is 29.3 Å². The number of thiazole rings is 1. The Balaban J connectivity index is 1.29. The first-order valence-electron chi connectivity index (χ1n) is 11.2. The Kier molecular flexibility index (Phi) is 6.28. The van der Waals surface area contributed by atoms with Crippen molar-refractivity contribution < 1.29 is 9.47 Å². The molecule has 0 amide bonds. The number of anilines is 1. The molecule has 0 bridgehead atoms. The molecular weight excluding hydrogens is 442 g/mol. The third kappa shape index (κ3) is 4.45. The number of ether oxygens (including phenoxy) is 2. The maximum atomic E-state index is 5.44. The molecule has 1 saturated carbocycles. The first-order valence-corrected chi connectivity index (χ1v) is 13.0. The molecule has 3 heterocycles. The maximum absolute atomic E-state index is 5.44. The Morgan fingerprint density at radius 1 is 1.06 bits per heavy atom. The summed E-state index contributed by atoms with van der Waals surface area (Å²) in [6.45, 7) is 4.50. The molecule has 32 heavy (non-hydrogen) atoms. The largest absolute Gasteiger partial charge is 0.493 e. The van der Waals surface area contributed by atoms with Gasteiger partial charge in [-0.1, -0.05) is 18.7 Å². The van der Waals surface area contributed by atoms with Gasteiger partial charge >= 0.3 is 0 Å². The Morgan fingerprint density at radius 2 is 1.84 bits per heavy atom. The van der Waals surface area contributed by atoms with Crippen molar-refractivity contribution in [2.24, 2.45) is 5.92 Å². The van der Waals surface area contributed by atoms with E-state index in [1.54, 1.807) is 37.3 Å². The van der Waals surface area contributed by atoms with Gasteiger partial charge in [-0.3, -0.25) is 4.57 Å². The summed E-state index contributed by atoms with van der Waals surface area (Å²) < 4.78 is 13.2. The van der Waals surface area contributed by atoms with Gasteiger partial charge in [0.25, 0.3) is 0 Å². The van der Waals surface area contributed by atoms with Crippen molar-refractivity contribution in [3.8, 4) is 22.1 Å². The number of benzene rings is 1. The molecule has 0 N–H and O–H groups in total. The van der Waals surface area contributed by atoms with Crippen LogP contribution in [0.4, 0.5) is 5.95 Å². The summed E-state index contributed by atoms with van der Waals surface area (Å²) in [5, 5.41) is 13.3. The van der Waals surface area contributed by atoms with E-state index >= 15 is 0 Å². The molecule has 0 unspecified atom stereocenters. The molecule has 3 aromatic rings. The van der Waals surface area contributed by atoms with Crippen molar-refractivity contribution in [1.29, 1.82) is 0 Å². The SMILES string of the molecule is COc1ccc(-c2nc(CSc3nnc(N4CCC(C)CC4)n3C3CC3)cs2)cc1OC. The summed E-state index contributed by atoms with van der Waals surface area (Å²) in [5.41, 5.74) is 2.09. The molecular formula is C23H29N5O2S2. The number of thioether (sulfide) groups is 1. The number of piperidine rings is 1. The summed E-state index contributed by atoms with van der Waals surface area (Å²) in [4.78, 5) is 7.28. The Bertz CT molecular complexity index is 1070. The highest BCUT2D eigenvalue weighted by Crippen LogP contribution is 2.42. The summed E-state index contributed by atoms with van der Waals surface area (Å²) in [7, 11) is 3.30. The molecule has 7 nitrogen and oxygen atoms in total. The fourth-order valence-corrected chi connectivity index (χ4v) is 5.87. The minimum Gasteiger partial charge on any atom is -0.493 e. The second-order valence-corrected chi connectivity index (χ2v) is 10.4. The average Bonchev–Trinajstić information content (AvgIpc) is 3.39. The number of methoxy groups -OCH3 is 2. The lowest BCUT2D eigenvalue weighted by Crippen LogP contribution is -2.34. The molecule has 1 aliphatic heterocycles. The highest BCUT2D eigenvalue weighted by Gasteiger charge is 2.32. The third-order valence-electron chi connectivity index (χ3n) is 6.16. The van der Waals surface area contributed by atoms with Crippen LogP contribution in [-0.4, -0.2) is 47.1 Å². The van der Waals surface area contributed by atoms with E-state index < -0.39 is 0 Å². The van der Waals surface area contributed by atoms with E-state index in [0.29, 0.717) is 11.8 Å². The maximum Gasteiger partial charge on any atom is 0.228 e. The molecule has 170 valence electrons. The number of nitrogens with zero attached hydrogens (tertiary/aromatic N) is 5. The van der Waals surface area contributed by atoms with Gasteiger partial charge in [0, 0.05) is 35.8 Å². The van der Waals surface area contributed by atoms with E-state index in [2.05, 4.69) is 32.0 Å². The minimum atomic E-state index is 0.555. The van der Waals surface area contributed by atoms with Gasteiger partial charge in [0.2, 0.25) is 5.95 Å². The van der Waals surface area contributed by atoms with Crippen molar-refractivity contribution in [2.45, 2.75) is 49.6 Å². The molecule has 1 aliphatic carbocycles. The van der Waals surface area contributed by atoms with E-state index in [1.807, 2.05) is 18.2 Å². The van der Waals surface area contributed by atoms with Crippen molar-refractivity contribution >= 4 is 29.0 Å². The fraction of sp³-hybridized carbons (Fsp3) is 0.522. The first-order chi connectivity index (χ1) is 15.7. The molecule has 5 rings (SSSR count). The molecule has 1 aromatic carbocycles. The van der Waals surface area contributed by atoms with Gasteiger partial charge in [-0.15, -0.1) is 21.5 Å². The van der Waals surface area contributed by atoms with Crippen molar-refractivity contribution in [2.75, 3.05) is 32.2 Å². The summed E-state index contributed by atoms with van der Waals surface area (Å²) in [6.07, 6.45) is 4.92. The Labute approximate surface area is 197 Å². The van der Waals surface area contributed by atoms with Crippen molar-refractivity contribution in [3.63, 3.8) is 0 Å². The highest BCUT2D eigenvalue weighted by molar-refractivity contribution is 7.98. The number of rotatable bonds is 8. The van der Waals surface area contributed by atoms with E-state index in [1.165, 1.54) is 25.7 Å². The van der Waals surface area contributed by atoms with Gasteiger partial charge in [-0.2, -0.15) is 0 Å². The summed E-state index contributed by atoms with van der Waals surface area (Å²) in [5.74, 6) is 4.09. The van der Waals surface area contributed by atoms with Gasteiger partial charge < -0.3 is 14.4 Å². The number of aromatic nitrogens is 4. The zero-order valence-corrected chi connectivity index (χ0v) is 20.4. The summed E-state index contributed by atoms with van der Waals surface area (Å²) >= 11 is 3.39. The fourth-order valence-electron chi connectivity index (χ4n) is 4.06. The van der Waals surface area contributed by atoms with Crippen LogP contribution in [0.5, 0.6) is 11.5 Å². The zero-order valence-electron chi connectivity index (χ0n) is 18.8. The zero-order chi connectivity index (χ0) is 22.1. The van der Waals surface area contributed by atoms with Crippen LogP contribution in [0.25, 0.3) is 10.6 Å². The standard InChI is InChI=1S/C23H29N5O2S2/c1-15-8-10-27(11-9-15)22-25-26-23(28(22)18-5-6-18)32-14-17-13-31-21(24-17)16-4-7-19(29-2)20(12-16)30-3/h4,7,12-13,15,18H,5-6,8-11,14H2,1-3H3. The van der Waals surface area contributed by atoms with Gasteiger partial charge in [0.15, 0.2) is 16.7 Å². The van der Waals surface area contributed by atoms with E-state index in [0.717, 1.165) is 57.9 Å². The van der Waals surface area contributed by atoms with E-state index in [-0.39, 0.29) is 0 Å². The predicted molar refractivity (Wildman–Crippen MR) is 129 cm³/mol. The van der Waals surface area contributed by atoms with Crippen molar-refractivity contribution in [1.82, 2.24) is 19.7 Å². The molecule has 2 fully saturated rings. The monoisotopic (exact) mass is 471 g/mol. The Hall–Kier alpha value is -2.26. The lowest BCUT2D eigenvalue weighted by molar-refractivity contribution is 0.355. The normalized spacial score (nSPS) is 17.0. The van der Waals surface area contributed by atoms with Crippen LogP contribution < -0.4 is 14.4 Å². The molecule has 0 atom stereocenters. The van der Waals surface area contributed by atoms with Crippen LogP contribution in [0.15, 0.2) is 28.7 Å². The lowest BCUT2D eigenvalue weighted by Gasteiger charge is -2.31. The topological polar surface area (TPSA) is 65.3 Å². The minimum absolute atomic E-state index is 0.555. The van der Waals surface area contributed by atoms with Crippen LogP contribution in [0.3, 0.4) is 0 Å². The quantitative estimate of drug-likeness (QED) is 0.414. The van der Waals surface area contributed by atoms with Gasteiger partial charge in [0.1, 0.15) is 5.01 Å². The van der Waals surface area contributed by atoms with E-state index in [9.17, 15) is 0 Å². The number of hydrogen-bond acceptors (Lipinski definition) is 8. The second-order valence-electron chi connectivity index (χ2n) is 8.56. The van der Waals surface area contributed by atoms with Gasteiger partial charge in [0.05, 0.1) is 19.9 Å². The second kappa shape index (κ2) is 9.31. The van der Waals surface area contributed by atoms with Crippen LogP contribution in [0.1, 0.15) is 44.3 Å². The molecule has 9 heteroatoms. The van der Waals surface area contributed by atoms with Gasteiger partial charge in [-0.05, 0) is 49.8 Å². The molecule has 0 radical (unpaired) electrons. The average molecular weight is 472 g/mol. The summed E-state index contributed by atoms with van der Waals surface area (Å²) in [6, 6.07) is 6.47. The molecule has 2 aromatic heterocycles. The number of hydrogen-bond donors (Lipinski definition) is 0. The van der Waals surface area contributed by atoms with Crippen LogP contribution >= 0.6 is 23.1 Å². The van der Waals surface area contributed by atoms with Crippen LogP contribution in [-0.2, 0) is 5.75 Å².